The number of hydrogen-bond donors (Lipinski definition) is 0. The minimum atomic E-state index is -0.265. The number of aromatic nitrogens is 1. The number of carbonyl (C=O) groups is 1. The van der Waals surface area contributed by atoms with Crippen molar-refractivity contribution < 1.29 is 14.0 Å². The molecule has 2 heterocycles. The lowest BCUT2D eigenvalue weighted by Gasteiger charge is -2.11. The molecule has 0 saturated carbocycles. The lowest BCUT2D eigenvalue weighted by atomic mass is 10.3. The molecule has 0 spiro atoms. The molecule has 0 aromatic carbocycles. The quantitative estimate of drug-likeness (QED) is 0.787. The first-order valence-electron chi connectivity index (χ1n) is 4.97. The summed E-state index contributed by atoms with van der Waals surface area (Å²) in [5, 5.41) is 1.84. The number of furan rings is 1. The van der Waals surface area contributed by atoms with E-state index in [0.717, 1.165) is 9.94 Å². The second kappa shape index (κ2) is 4.68. The summed E-state index contributed by atoms with van der Waals surface area (Å²) in [5.41, 5.74) is 0.394. The highest BCUT2D eigenvalue weighted by atomic mass is 32.1. The van der Waals surface area contributed by atoms with Gasteiger partial charge in [0.15, 0.2) is 10.8 Å². The molecule has 0 N–H and O–H groups in total. The number of aryl methyl sites for hydroxylation is 1. The first-order chi connectivity index (χ1) is 8.13. The Morgan fingerprint density at radius 1 is 1.59 bits per heavy atom. The number of nitrogens with zero attached hydrogens (tertiary/aromatic N) is 2. The Hall–Kier alpha value is -1.66. The van der Waals surface area contributed by atoms with Crippen LogP contribution in [0.3, 0.4) is 0 Å². The molecule has 2 aromatic rings. The van der Waals surface area contributed by atoms with Crippen molar-refractivity contribution in [2.75, 3.05) is 14.2 Å². The van der Waals surface area contributed by atoms with Crippen LogP contribution >= 0.6 is 11.3 Å². The van der Waals surface area contributed by atoms with Gasteiger partial charge in [-0.25, -0.2) is 10.0 Å². The van der Waals surface area contributed by atoms with Gasteiger partial charge in [0.05, 0.1) is 13.4 Å². The second-order valence-electron chi connectivity index (χ2n) is 3.39. The highest BCUT2D eigenvalue weighted by molar-refractivity contribution is 7.15. The number of hydroxylamine groups is 2. The zero-order valence-corrected chi connectivity index (χ0v) is 10.6. The fourth-order valence-corrected chi connectivity index (χ4v) is 2.21. The zero-order chi connectivity index (χ0) is 12.4. The maximum atomic E-state index is 11.9. The third-order valence-corrected chi connectivity index (χ3v) is 3.28. The molecule has 1 amide bonds. The van der Waals surface area contributed by atoms with Gasteiger partial charge >= 0.3 is 0 Å². The van der Waals surface area contributed by atoms with Crippen molar-refractivity contribution in [2.24, 2.45) is 0 Å². The van der Waals surface area contributed by atoms with Crippen LogP contribution in [-0.4, -0.2) is 30.1 Å². The topological polar surface area (TPSA) is 55.6 Å². The Morgan fingerprint density at radius 2 is 2.35 bits per heavy atom. The van der Waals surface area contributed by atoms with Crippen LogP contribution in [0.15, 0.2) is 22.8 Å². The van der Waals surface area contributed by atoms with Crippen molar-refractivity contribution in [3.63, 3.8) is 0 Å². The van der Waals surface area contributed by atoms with Crippen molar-refractivity contribution in [3.8, 4) is 10.8 Å². The summed E-state index contributed by atoms with van der Waals surface area (Å²) in [6, 6.07) is 3.60. The van der Waals surface area contributed by atoms with Crippen LogP contribution in [-0.2, 0) is 4.84 Å². The summed E-state index contributed by atoms with van der Waals surface area (Å²) in [6.45, 7) is 1.85. The Balaban J connectivity index is 2.34. The molecule has 0 saturated heterocycles. The van der Waals surface area contributed by atoms with Crippen LogP contribution in [0.5, 0.6) is 0 Å². The van der Waals surface area contributed by atoms with E-state index in [1.54, 1.807) is 19.4 Å². The molecular weight excluding hydrogens is 240 g/mol. The monoisotopic (exact) mass is 252 g/mol. The largest absolute Gasteiger partial charge is 0.462 e. The molecule has 2 aromatic heterocycles. The Morgan fingerprint density at radius 3 is 2.94 bits per heavy atom. The van der Waals surface area contributed by atoms with E-state index in [1.807, 2.05) is 13.0 Å². The van der Waals surface area contributed by atoms with Gasteiger partial charge in [0.1, 0.15) is 5.69 Å². The molecule has 0 bridgehead atoms. The van der Waals surface area contributed by atoms with Crippen LogP contribution in [0.4, 0.5) is 0 Å². The van der Waals surface area contributed by atoms with E-state index in [2.05, 4.69) is 4.98 Å². The number of thiazole rings is 1. The fraction of sp³-hybridized carbons (Fsp3) is 0.273. The maximum Gasteiger partial charge on any atom is 0.296 e. The normalized spacial score (nSPS) is 10.5. The summed E-state index contributed by atoms with van der Waals surface area (Å²) in [4.78, 5) is 21.9. The average Bonchev–Trinajstić information content (AvgIpc) is 2.95. The van der Waals surface area contributed by atoms with Crippen LogP contribution < -0.4 is 0 Å². The van der Waals surface area contributed by atoms with Gasteiger partial charge in [-0.05, 0) is 19.1 Å². The number of carbonyl (C=O) groups excluding carboxylic acids is 1. The molecule has 90 valence electrons. The van der Waals surface area contributed by atoms with Crippen molar-refractivity contribution in [1.29, 1.82) is 0 Å². The average molecular weight is 252 g/mol. The molecule has 0 aliphatic rings. The predicted molar refractivity (Wildman–Crippen MR) is 63.7 cm³/mol. The molecule has 6 heteroatoms. The van der Waals surface area contributed by atoms with Crippen molar-refractivity contribution in [1.82, 2.24) is 10.0 Å². The summed E-state index contributed by atoms with van der Waals surface area (Å²) in [5.74, 6) is 0.399. The Kier molecular flexibility index (Phi) is 3.26. The standard InChI is InChI=1S/C11H12N2O3S/c1-7-9(11(14)13(2)15-3)12-10(17-7)8-5-4-6-16-8/h4-6H,1-3H3. The van der Waals surface area contributed by atoms with E-state index < -0.39 is 0 Å². The van der Waals surface area contributed by atoms with Crippen LogP contribution in [0.25, 0.3) is 10.8 Å². The van der Waals surface area contributed by atoms with E-state index in [1.165, 1.54) is 18.4 Å². The Labute approximate surface area is 103 Å². The first kappa shape index (κ1) is 11.8. The van der Waals surface area contributed by atoms with Gasteiger partial charge in [-0.1, -0.05) is 0 Å². The molecule has 17 heavy (non-hydrogen) atoms. The fourth-order valence-electron chi connectivity index (χ4n) is 1.33. The molecule has 0 atom stereocenters. The van der Waals surface area contributed by atoms with E-state index in [0.29, 0.717) is 16.5 Å². The molecule has 0 aliphatic carbocycles. The zero-order valence-electron chi connectivity index (χ0n) is 9.76. The highest BCUT2D eigenvalue weighted by Gasteiger charge is 2.20. The van der Waals surface area contributed by atoms with E-state index >= 15 is 0 Å². The number of amides is 1. The lowest BCUT2D eigenvalue weighted by Crippen LogP contribution is -2.26. The van der Waals surface area contributed by atoms with Gasteiger partial charge in [-0.3, -0.25) is 9.63 Å². The molecule has 0 fully saturated rings. The molecule has 2 rings (SSSR count). The van der Waals surface area contributed by atoms with E-state index in [-0.39, 0.29) is 5.91 Å². The second-order valence-corrected chi connectivity index (χ2v) is 4.59. The minimum Gasteiger partial charge on any atom is -0.462 e. The SMILES string of the molecule is CON(C)C(=O)c1nc(-c2ccco2)sc1C. The molecule has 0 radical (unpaired) electrons. The molecule has 0 unspecified atom stereocenters. The van der Waals surface area contributed by atoms with E-state index in [4.69, 9.17) is 9.25 Å². The maximum absolute atomic E-state index is 11.9. The van der Waals surface area contributed by atoms with E-state index in [9.17, 15) is 4.79 Å². The van der Waals surface area contributed by atoms with Gasteiger partial charge in [0.2, 0.25) is 0 Å². The summed E-state index contributed by atoms with van der Waals surface area (Å²) in [6.07, 6.45) is 1.58. The predicted octanol–water partition coefficient (Wildman–Crippen LogP) is 2.34. The van der Waals surface area contributed by atoms with Gasteiger partial charge in [0.25, 0.3) is 5.91 Å². The highest BCUT2D eigenvalue weighted by Crippen LogP contribution is 2.28. The minimum absolute atomic E-state index is 0.265. The molecular formula is C11H12N2O3S. The van der Waals surface area contributed by atoms with Crippen LogP contribution in [0.1, 0.15) is 15.4 Å². The lowest BCUT2D eigenvalue weighted by molar-refractivity contribution is -0.0760. The van der Waals surface area contributed by atoms with Gasteiger partial charge in [0, 0.05) is 11.9 Å². The van der Waals surface area contributed by atoms with Gasteiger partial charge in [-0.2, -0.15) is 0 Å². The Bertz CT molecular complexity index is 519. The summed E-state index contributed by atoms with van der Waals surface area (Å²) >= 11 is 1.42. The smallest absolute Gasteiger partial charge is 0.296 e. The van der Waals surface area contributed by atoms with Crippen molar-refractivity contribution >= 4 is 17.2 Å². The molecule has 0 aliphatic heterocycles. The van der Waals surface area contributed by atoms with Gasteiger partial charge in [-0.15, -0.1) is 11.3 Å². The van der Waals surface area contributed by atoms with Gasteiger partial charge < -0.3 is 4.42 Å². The molecule has 5 nitrogen and oxygen atoms in total. The first-order valence-corrected chi connectivity index (χ1v) is 5.78. The van der Waals surface area contributed by atoms with Crippen molar-refractivity contribution in [2.45, 2.75) is 6.92 Å². The number of hydrogen-bond acceptors (Lipinski definition) is 5. The summed E-state index contributed by atoms with van der Waals surface area (Å²) in [7, 11) is 2.99. The third kappa shape index (κ3) is 2.22. The third-order valence-electron chi connectivity index (χ3n) is 2.29. The van der Waals surface area contributed by atoms with Crippen LogP contribution in [0.2, 0.25) is 0 Å². The number of rotatable bonds is 3. The van der Waals surface area contributed by atoms with Crippen molar-refractivity contribution in [3.05, 3.63) is 29.0 Å². The van der Waals surface area contributed by atoms with Crippen LogP contribution in [0, 0.1) is 6.92 Å². The summed E-state index contributed by atoms with van der Waals surface area (Å²) < 4.78 is 5.25.